The molecule has 0 saturated carbocycles. The summed E-state index contributed by atoms with van der Waals surface area (Å²) >= 11 is 0. The Bertz CT molecular complexity index is 634. The van der Waals surface area contributed by atoms with E-state index in [-0.39, 0.29) is 12.5 Å². The van der Waals surface area contributed by atoms with Crippen LogP contribution in [-0.2, 0) is 19.0 Å². The summed E-state index contributed by atoms with van der Waals surface area (Å²) in [6.07, 6.45) is -2.94. The molecule has 0 unspecified atom stereocenters. The molecule has 2 fully saturated rings. The molecule has 2 saturated heterocycles. The summed E-state index contributed by atoms with van der Waals surface area (Å²) < 4.78 is 23.4. The Morgan fingerprint density at radius 2 is 2.08 bits per heavy atom. The lowest BCUT2D eigenvalue weighted by Crippen LogP contribution is -2.69. The number of aryl methyl sites for hydroxylation is 1. The van der Waals surface area contributed by atoms with Crippen molar-refractivity contribution in [1.29, 1.82) is 0 Å². The second kappa shape index (κ2) is 6.92. The standard InChI is InChI=1S/C18H25NO6/c1-10-7-5-6-8-12(10)23-17-14(19-11(2)20)15(21)16-13(24-17)9-22-18(3,4)25-16/h5-8,13-17,21H,9H2,1-4H3,(H,19,20)/t13-,14+,15-,16-,17-/m1/s1. The minimum atomic E-state index is -0.986. The van der Waals surface area contributed by atoms with Crippen LogP contribution in [0.25, 0.3) is 0 Å². The van der Waals surface area contributed by atoms with Gasteiger partial charge in [0.2, 0.25) is 12.2 Å². The van der Waals surface area contributed by atoms with Gasteiger partial charge in [-0.25, -0.2) is 0 Å². The lowest BCUT2D eigenvalue weighted by molar-refractivity contribution is -0.361. The van der Waals surface area contributed by atoms with E-state index < -0.39 is 36.4 Å². The first-order valence-electron chi connectivity index (χ1n) is 8.41. The fourth-order valence-corrected chi connectivity index (χ4v) is 3.15. The summed E-state index contributed by atoms with van der Waals surface area (Å²) in [5.74, 6) is -0.474. The Labute approximate surface area is 147 Å². The summed E-state index contributed by atoms with van der Waals surface area (Å²) in [5, 5.41) is 13.5. The molecule has 0 spiro atoms. The summed E-state index contributed by atoms with van der Waals surface area (Å²) in [7, 11) is 0. The zero-order valence-corrected chi connectivity index (χ0v) is 14.9. The van der Waals surface area contributed by atoms with Crippen LogP contribution in [0.15, 0.2) is 24.3 Å². The quantitative estimate of drug-likeness (QED) is 0.849. The van der Waals surface area contributed by atoms with E-state index in [1.807, 2.05) is 31.2 Å². The number of amides is 1. The number of ether oxygens (including phenoxy) is 4. The second-order valence-corrected chi connectivity index (χ2v) is 6.94. The number of hydrogen-bond donors (Lipinski definition) is 2. The fourth-order valence-electron chi connectivity index (χ4n) is 3.15. The fraction of sp³-hybridized carbons (Fsp3) is 0.611. The third kappa shape index (κ3) is 3.95. The second-order valence-electron chi connectivity index (χ2n) is 6.94. The Kier molecular flexibility index (Phi) is 5.02. The molecular formula is C18H25NO6. The molecule has 0 aromatic heterocycles. The van der Waals surface area contributed by atoms with Crippen LogP contribution in [0.2, 0.25) is 0 Å². The Morgan fingerprint density at radius 3 is 2.76 bits per heavy atom. The van der Waals surface area contributed by atoms with Gasteiger partial charge in [-0.1, -0.05) is 18.2 Å². The van der Waals surface area contributed by atoms with Crippen molar-refractivity contribution in [2.45, 2.75) is 64.1 Å². The van der Waals surface area contributed by atoms with Gasteiger partial charge in [0.25, 0.3) is 0 Å². The van der Waals surface area contributed by atoms with Gasteiger partial charge in [-0.05, 0) is 32.4 Å². The molecule has 2 aliphatic rings. The number of fused-ring (bicyclic) bond motifs is 1. The highest BCUT2D eigenvalue weighted by atomic mass is 16.8. The van der Waals surface area contributed by atoms with Crippen molar-refractivity contribution in [2.75, 3.05) is 6.61 Å². The van der Waals surface area contributed by atoms with E-state index in [1.54, 1.807) is 13.8 Å². The van der Waals surface area contributed by atoms with Gasteiger partial charge in [0.05, 0.1) is 6.61 Å². The molecule has 7 heteroatoms. The van der Waals surface area contributed by atoms with E-state index in [2.05, 4.69) is 5.32 Å². The van der Waals surface area contributed by atoms with Crippen molar-refractivity contribution in [2.24, 2.45) is 0 Å². The summed E-state index contributed by atoms with van der Waals surface area (Å²) in [6, 6.07) is 6.74. The first-order chi connectivity index (χ1) is 11.8. The van der Waals surface area contributed by atoms with E-state index in [4.69, 9.17) is 18.9 Å². The molecule has 2 aliphatic heterocycles. The number of benzene rings is 1. The Balaban J connectivity index is 1.83. The molecule has 3 rings (SSSR count). The van der Waals surface area contributed by atoms with E-state index in [0.29, 0.717) is 5.75 Å². The first-order valence-corrected chi connectivity index (χ1v) is 8.41. The van der Waals surface area contributed by atoms with Crippen LogP contribution in [0.5, 0.6) is 5.75 Å². The van der Waals surface area contributed by atoms with Gasteiger partial charge in [0.15, 0.2) is 5.79 Å². The van der Waals surface area contributed by atoms with Crippen molar-refractivity contribution in [3.05, 3.63) is 29.8 Å². The van der Waals surface area contributed by atoms with Gasteiger partial charge in [-0.3, -0.25) is 4.79 Å². The number of aliphatic hydroxyl groups is 1. The molecule has 5 atom stereocenters. The number of hydrogen-bond acceptors (Lipinski definition) is 6. The van der Waals surface area contributed by atoms with Crippen LogP contribution in [-0.4, -0.2) is 54.1 Å². The summed E-state index contributed by atoms with van der Waals surface area (Å²) in [4.78, 5) is 11.6. The molecular weight excluding hydrogens is 326 g/mol. The van der Waals surface area contributed by atoms with Crippen molar-refractivity contribution in [3.63, 3.8) is 0 Å². The predicted molar refractivity (Wildman–Crippen MR) is 89.0 cm³/mol. The molecule has 25 heavy (non-hydrogen) atoms. The van der Waals surface area contributed by atoms with Gasteiger partial charge in [0.1, 0.15) is 30.1 Å². The largest absolute Gasteiger partial charge is 0.462 e. The minimum absolute atomic E-state index is 0.273. The van der Waals surface area contributed by atoms with Gasteiger partial charge in [0, 0.05) is 6.92 Å². The van der Waals surface area contributed by atoms with Gasteiger partial charge in [-0.2, -0.15) is 0 Å². The molecule has 138 valence electrons. The lowest BCUT2D eigenvalue weighted by atomic mass is 9.95. The third-order valence-corrected chi connectivity index (χ3v) is 4.39. The maximum Gasteiger partial charge on any atom is 0.223 e. The van der Waals surface area contributed by atoms with E-state index in [9.17, 15) is 9.90 Å². The number of para-hydroxylation sites is 1. The molecule has 1 aromatic carbocycles. The van der Waals surface area contributed by atoms with E-state index in [0.717, 1.165) is 5.56 Å². The topological polar surface area (TPSA) is 86.3 Å². The number of rotatable bonds is 3. The van der Waals surface area contributed by atoms with Crippen LogP contribution >= 0.6 is 0 Å². The van der Waals surface area contributed by atoms with Crippen LogP contribution in [0.4, 0.5) is 0 Å². The number of carbonyl (C=O) groups is 1. The average molecular weight is 351 g/mol. The Hall–Kier alpha value is -1.67. The van der Waals surface area contributed by atoms with E-state index in [1.165, 1.54) is 6.92 Å². The maximum atomic E-state index is 11.6. The lowest BCUT2D eigenvalue weighted by Gasteiger charge is -2.49. The van der Waals surface area contributed by atoms with Crippen LogP contribution in [0.1, 0.15) is 26.3 Å². The molecule has 1 aromatic rings. The highest BCUT2D eigenvalue weighted by Crippen LogP contribution is 2.33. The van der Waals surface area contributed by atoms with Crippen LogP contribution < -0.4 is 10.1 Å². The molecule has 0 bridgehead atoms. The molecule has 2 heterocycles. The normalized spacial score (nSPS) is 34.0. The van der Waals surface area contributed by atoms with Gasteiger partial charge < -0.3 is 29.4 Å². The molecule has 7 nitrogen and oxygen atoms in total. The summed E-state index contributed by atoms with van der Waals surface area (Å²) in [6.45, 7) is 7.13. The van der Waals surface area contributed by atoms with E-state index >= 15 is 0 Å². The highest BCUT2D eigenvalue weighted by Gasteiger charge is 2.52. The first kappa shape index (κ1) is 18.1. The van der Waals surface area contributed by atoms with Crippen molar-refractivity contribution < 1.29 is 28.8 Å². The molecule has 0 radical (unpaired) electrons. The van der Waals surface area contributed by atoms with Crippen LogP contribution in [0, 0.1) is 6.92 Å². The van der Waals surface area contributed by atoms with Crippen molar-refractivity contribution >= 4 is 5.91 Å². The molecule has 2 N–H and O–H groups in total. The highest BCUT2D eigenvalue weighted by molar-refractivity contribution is 5.73. The number of aliphatic hydroxyl groups excluding tert-OH is 1. The van der Waals surface area contributed by atoms with Crippen molar-refractivity contribution in [1.82, 2.24) is 5.32 Å². The number of nitrogens with one attached hydrogen (secondary N) is 1. The van der Waals surface area contributed by atoms with Crippen LogP contribution in [0.3, 0.4) is 0 Å². The predicted octanol–water partition coefficient (Wildman–Crippen LogP) is 1.12. The van der Waals surface area contributed by atoms with Crippen molar-refractivity contribution in [3.8, 4) is 5.75 Å². The van der Waals surface area contributed by atoms with Gasteiger partial charge in [-0.15, -0.1) is 0 Å². The smallest absolute Gasteiger partial charge is 0.223 e. The van der Waals surface area contributed by atoms with Gasteiger partial charge >= 0.3 is 0 Å². The minimum Gasteiger partial charge on any atom is -0.462 e. The summed E-state index contributed by atoms with van der Waals surface area (Å²) in [5.41, 5.74) is 0.932. The molecule has 0 aliphatic carbocycles. The maximum absolute atomic E-state index is 11.6. The monoisotopic (exact) mass is 351 g/mol. The average Bonchev–Trinajstić information content (AvgIpc) is 2.53. The third-order valence-electron chi connectivity index (χ3n) is 4.39. The zero-order chi connectivity index (χ0) is 18.2. The number of carbonyl (C=O) groups excluding carboxylic acids is 1. The zero-order valence-electron chi connectivity index (χ0n) is 14.9. The Morgan fingerprint density at radius 1 is 1.36 bits per heavy atom. The SMILES string of the molecule is CC(=O)N[C@@H]1[C@H](Oc2ccccc2C)O[C@@H]2COC(C)(C)O[C@H]2[C@@H]1O. The molecule has 1 amide bonds.